The second-order valence-corrected chi connectivity index (χ2v) is 1.95. The van der Waals surface area contributed by atoms with Crippen molar-refractivity contribution in [1.82, 2.24) is 4.98 Å². The second-order valence-electron chi connectivity index (χ2n) is 1.95. The molecular formula is C7H6N2O. The van der Waals surface area contributed by atoms with Gasteiger partial charge >= 0.3 is 0 Å². The third kappa shape index (κ3) is 0.757. The Morgan fingerprint density at radius 3 is 3.40 bits per heavy atom. The first kappa shape index (κ1) is 5.41. The number of hydrogen-bond acceptors (Lipinski definition) is 3. The van der Waals surface area contributed by atoms with Gasteiger partial charge in [0.1, 0.15) is 6.61 Å². The highest BCUT2D eigenvalue weighted by Gasteiger charge is 2.04. The molecule has 0 unspecified atom stereocenters. The first-order valence-corrected chi connectivity index (χ1v) is 3.07. The van der Waals surface area contributed by atoms with Gasteiger partial charge in [-0.05, 0) is 12.1 Å². The van der Waals surface area contributed by atoms with E-state index in [1.54, 1.807) is 12.4 Å². The summed E-state index contributed by atoms with van der Waals surface area (Å²) >= 11 is 0. The fourth-order valence-electron chi connectivity index (χ4n) is 0.843. The Balaban J connectivity index is 2.54. The average molecular weight is 134 g/mol. The van der Waals surface area contributed by atoms with E-state index in [2.05, 4.69) is 9.98 Å². The Kier molecular flexibility index (Phi) is 1.13. The Morgan fingerprint density at radius 2 is 2.50 bits per heavy atom. The molecule has 0 N–H and O–H groups in total. The Hall–Kier alpha value is -1.38. The first-order valence-electron chi connectivity index (χ1n) is 3.07. The van der Waals surface area contributed by atoms with Crippen LogP contribution in [0.5, 0.6) is 5.75 Å². The SMILES string of the molecule is C1=Nc2ncccc2OC1. The van der Waals surface area contributed by atoms with Gasteiger partial charge in [0.15, 0.2) is 11.6 Å². The minimum absolute atomic E-state index is 0.554. The topological polar surface area (TPSA) is 34.5 Å². The Bertz CT molecular complexity index is 270. The summed E-state index contributed by atoms with van der Waals surface area (Å²) < 4.78 is 5.21. The van der Waals surface area contributed by atoms with Crippen LogP contribution in [0.25, 0.3) is 0 Å². The molecule has 0 bridgehead atoms. The number of aromatic nitrogens is 1. The van der Waals surface area contributed by atoms with Crippen molar-refractivity contribution in [3.05, 3.63) is 18.3 Å². The molecule has 1 aromatic rings. The average Bonchev–Trinajstić information content (AvgIpc) is 2.05. The molecule has 1 aromatic heterocycles. The highest BCUT2D eigenvalue weighted by Crippen LogP contribution is 2.24. The number of fused-ring (bicyclic) bond motifs is 1. The number of ether oxygens (including phenoxy) is 1. The quantitative estimate of drug-likeness (QED) is 0.534. The van der Waals surface area contributed by atoms with Crippen molar-refractivity contribution < 1.29 is 4.74 Å². The van der Waals surface area contributed by atoms with Crippen molar-refractivity contribution in [3.8, 4) is 5.75 Å². The van der Waals surface area contributed by atoms with E-state index in [-0.39, 0.29) is 0 Å². The lowest BCUT2D eigenvalue weighted by atomic mass is 10.4. The number of aliphatic imine (C=N–C) groups is 1. The predicted molar refractivity (Wildman–Crippen MR) is 37.9 cm³/mol. The van der Waals surface area contributed by atoms with Gasteiger partial charge in [0.25, 0.3) is 0 Å². The number of nitrogens with zero attached hydrogens (tertiary/aromatic N) is 2. The van der Waals surface area contributed by atoms with Crippen LogP contribution in [-0.4, -0.2) is 17.8 Å². The highest BCUT2D eigenvalue weighted by atomic mass is 16.5. The molecule has 0 atom stereocenters. The van der Waals surface area contributed by atoms with Crippen molar-refractivity contribution in [2.75, 3.05) is 6.61 Å². The van der Waals surface area contributed by atoms with Gasteiger partial charge in [0, 0.05) is 12.4 Å². The molecule has 2 rings (SSSR count). The third-order valence-electron chi connectivity index (χ3n) is 1.28. The standard InChI is InChI=1S/C7H6N2O/c1-2-6-7(8-3-1)9-4-5-10-6/h1-4H,5H2. The molecule has 0 saturated carbocycles. The molecule has 0 saturated heterocycles. The Morgan fingerprint density at radius 1 is 1.50 bits per heavy atom. The van der Waals surface area contributed by atoms with Crippen LogP contribution in [0.1, 0.15) is 0 Å². The maximum absolute atomic E-state index is 5.21. The maximum atomic E-state index is 5.21. The lowest BCUT2D eigenvalue weighted by Gasteiger charge is -2.08. The molecule has 0 fully saturated rings. The van der Waals surface area contributed by atoms with Crippen LogP contribution in [-0.2, 0) is 0 Å². The number of pyridine rings is 1. The van der Waals surface area contributed by atoms with Crippen LogP contribution in [0.4, 0.5) is 5.82 Å². The summed E-state index contributed by atoms with van der Waals surface area (Å²) in [6.07, 6.45) is 3.40. The van der Waals surface area contributed by atoms with Gasteiger partial charge in [-0.25, -0.2) is 9.98 Å². The van der Waals surface area contributed by atoms with Crippen LogP contribution < -0.4 is 4.74 Å². The van der Waals surface area contributed by atoms with E-state index in [0.717, 1.165) is 5.75 Å². The van der Waals surface area contributed by atoms with Crippen molar-refractivity contribution in [2.24, 2.45) is 4.99 Å². The summed E-state index contributed by atoms with van der Waals surface area (Å²) in [4.78, 5) is 8.03. The van der Waals surface area contributed by atoms with E-state index in [9.17, 15) is 0 Å². The molecule has 0 aromatic carbocycles. The second kappa shape index (κ2) is 2.10. The summed E-state index contributed by atoms with van der Waals surface area (Å²) in [5, 5.41) is 0. The smallest absolute Gasteiger partial charge is 0.194 e. The molecule has 10 heavy (non-hydrogen) atoms. The van der Waals surface area contributed by atoms with E-state index < -0.39 is 0 Å². The zero-order chi connectivity index (χ0) is 6.81. The highest BCUT2D eigenvalue weighted by molar-refractivity contribution is 5.68. The zero-order valence-corrected chi connectivity index (χ0v) is 5.32. The van der Waals surface area contributed by atoms with E-state index in [1.807, 2.05) is 12.1 Å². The molecule has 1 aliphatic rings. The fourth-order valence-corrected chi connectivity index (χ4v) is 0.843. The molecule has 0 spiro atoms. The summed E-state index contributed by atoms with van der Waals surface area (Å²) in [5.41, 5.74) is 0. The molecular weight excluding hydrogens is 128 g/mol. The molecule has 0 radical (unpaired) electrons. The summed E-state index contributed by atoms with van der Waals surface area (Å²) in [5.74, 6) is 1.44. The van der Waals surface area contributed by atoms with E-state index in [4.69, 9.17) is 4.74 Å². The van der Waals surface area contributed by atoms with Gasteiger partial charge in [-0.15, -0.1) is 0 Å². The summed E-state index contributed by atoms with van der Waals surface area (Å²) in [6, 6.07) is 3.69. The van der Waals surface area contributed by atoms with Crippen molar-refractivity contribution in [1.29, 1.82) is 0 Å². The molecule has 1 aliphatic heterocycles. The van der Waals surface area contributed by atoms with Gasteiger partial charge in [-0.3, -0.25) is 0 Å². The Labute approximate surface area is 58.4 Å². The molecule has 0 amide bonds. The van der Waals surface area contributed by atoms with Crippen LogP contribution in [0.2, 0.25) is 0 Å². The maximum Gasteiger partial charge on any atom is 0.194 e. The monoisotopic (exact) mass is 134 g/mol. The van der Waals surface area contributed by atoms with Gasteiger partial charge in [-0.1, -0.05) is 0 Å². The molecule has 2 heterocycles. The van der Waals surface area contributed by atoms with Gasteiger partial charge in [0.05, 0.1) is 0 Å². The van der Waals surface area contributed by atoms with Crippen LogP contribution in [0.3, 0.4) is 0 Å². The molecule has 3 nitrogen and oxygen atoms in total. The fraction of sp³-hybridized carbons (Fsp3) is 0.143. The zero-order valence-electron chi connectivity index (χ0n) is 5.32. The minimum Gasteiger partial charge on any atom is -0.484 e. The lowest BCUT2D eigenvalue weighted by Crippen LogP contribution is -2.02. The minimum atomic E-state index is 0.554. The summed E-state index contributed by atoms with van der Waals surface area (Å²) in [6.45, 7) is 0.554. The molecule has 3 heteroatoms. The van der Waals surface area contributed by atoms with E-state index in [1.165, 1.54) is 0 Å². The van der Waals surface area contributed by atoms with Gasteiger partial charge < -0.3 is 4.74 Å². The molecule has 50 valence electrons. The van der Waals surface area contributed by atoms with E-state index in [0.29, 0.717) is 12.4 Å². The summed E-state index contributed by atoms with van der Waals surface area (Å²) in [7, 11) is 0. The number of rotatable bonds is 0. The van der Waals surface area contributed by atoms with Crippen LogP contribution in [0.15, 0.2) is 23.3 Å². The van der Waals surface area contributed by atoms with Gasteiger partial charge in [0.2, 0.25) is 0 Å². The van der Waals surface area contributed by atoms with E-state index >= 15 is 0 Å². The van der Waals surface area contributed by atoms with Gasteiger partial charge in [-0.2, -0.15) is 0 Å². The number of hydrogen-bond donors (Lipinski definition) is 0. The first-order chi connectivity index (χ1) is 4.97. The largest absolute Gasteiger partial charge is 0.484 e. The normalized spacial score (nSPS) is 14.0. The van der Waals surface area contributed by atoms with Crippen molar-refractivity contribution >= 4 is 12.0 Å². The van der Waals surface area contributed by atoms with Crippen LogP contribution >= 0.6 is 0 Å². The molecule has 0 aliphatic carbocycles. The predicted octanol–water partition coefficient (Wildman–Crippen LogP) is 1.18. The lowest BCUT2D eigenvalue weighted by molar-refractivity contribution is 0.375. The van der Waals surface area contributed by atoms with Crippen LogP contribution in [0, 0.1) is 0 Å². The van der Waals surface area contributed by atoms with Crippen molar-refractivity contribution in [3.63, 3.8) is 0 Å². The third-order valence-corrected chi connectivity index (χ3v) is 1.28. The van der Waals surface area contributed by atoms with Crippen molar-refractivity contribution in [2.45, 2.75) is 0 Å².